The van der Waals surface area contributed by atoms with Crippen LogP contribution in [0.5, 0.6) is 0 Å². The van der Waals surface area contributed by atoms with Crippen LogP contribution in [0.3, 0.4) is 0 Å². The van der Waals surface area contributed by atoms with Gasteiger partial charge in [-0.25, -0.2) is 0 Å². The summed E-state index contributed by atoms with van der Waals surface area (Å²) in [6.07, 6.45) is 5.49. The second kappa shape index (κ2) is 6.64. The van der Waals surface area contributed by atoms with Gasteiger partial charge >= 0.3 is 0 Å². The van der Waals surface area contributed by atoms with Gasteiger partial charge in [0.2, 0.25) is 5.91 Å². The summed E-state index contributed by atoms with van der Waals surface area (Å²) >= 11 is 0. The maximum atomic E-state index is 13.4. The van der Waals surface area contributed by atoms with Crippen molar-refractivity contribution in [1.29, 1.82) is 0 Å². The molecular weight excluding hydrogens is 314 g/mol. The lowest BCUT2D eigenvalue weighted by molar-refractivity contribution is -0.148. The number of carbonyl (C=O) groups excluding carboxylic acids is 1. The second-order valence-electron chi connectivity index (χ2n) is 7.38. The molecule has 2 saturated heterocycles. The lowest BCUT2D eigenvalue weighted by Crippen LogP contribution is -2.58. The van der Waals surface area contributed by atoms with E-state index in [4.69, 9.17) is 4.74 Å². The van der Waals surface area contributed by atoms with E-state index < -0.39 is 5.41 Å². The van der Waals surface area contributed by atoms with E-state index in [9.17, 15) is 4.79 Å². The number of aryl methyl sites for hydroxylation is 1. The van der Waals surface area contributed by atoms with Crippen molar-refractivity contribution in [1.82, 2.24) is 14.7 Å². The molecule has 2 aliphatic heterocycles. The minimum Gasteiger partial charge on any atom is -0.381 e. The molecule has 3 heterocycles. The lowest BCUT2D eigenvalue weighted by Gasteiger charge is -2.46. The van der Waals surface area contributed by atoms with Crippen molar-refractivity contribution in [3.05, 3.63) is 53.9 Å². The highest BCUT2D eigenvalue weighted by atomic mass is 16.5. The Balaban J connectivity index is 1.45. The van der Waals surface area contributed by atoms with Crippen LogP contribution in [0.4, 0.5) is 0 Å². The predicted molar refractivity (Wildman–Crippen MR) is 95.2 cm³/mol. The van der Waals surface area contributed by atoms with Gasteiger partial charge in [0.1, 0.15) is 0 Å². The SMILES string of the molecule is Cc1cnn(CC2CN(C(=O)C3(c4ccccc4)CCOCC3)C2)c1. The zero-order chi connectivity index (χ0) is 17.3. The van der Waals surface area contributed by atoms with Crippen LogP contribution in [0.15, 0.2) is 42.7 Å². The number of nitrogens with zero attached hydrogens (tertiary/aromatic N) is 3. The Labute approximate surface area is 148 Å². The van der Waals surface area contributed by atoms with Crippen molar-refractivity contribution in [2.24, 2.45) is 5.92 Å². The Bertz CT molecular complexity index is 728. The average molecular weight is 339 g/mol. The molecule has 0 radical (unpaired) electrons. The largest absolute Gasteiger partial charge is 0.381 e. The molecule has 2 aliphatic rings. The highest BCUT2D eigenvalue weighted by Gasteiger charge is 2.46. The van der Waals surface area contributed by atoms with Gasteiger partial charge in [0.25, 0.3) is 0 Å². The second-order valence-corrected chi connectivity index (χ2v) is 7.38. The summed E-state index contributed by atoms with van der Waals surface area (Å²) in [4.78, 5) is 15.4. The van der Waals surface area contributed by atoms with Crippen LogP contribution in [0.25, 0.3) is 0 Å². The van der Waals surface area contributed by atoms with Gasteiger partial charge in [-0.15, -0.1) is 0 Å². The standard InChI is InChI=1S/C20H25N3O2/c1-16-11-21-23(12-16)15-17-13-22(14-17)19(24)20(7-9-25-10-8-20)18-5-3-2-4-6-18/h2-6,11-12,17H,7-10,13-15H2,1H3. The van der Waals surface area contributed by atoms with Crippen LogP contribution in [0.2, 0.25) is 0 Å². The minimum atomic E-state index is -0.410. The van der Waals surface area contributed by atoms with Crippen molar-refractivity contribution in [3.8, 4) is 0 Å². The van der Waals surface area contributed by atoms with E-state index in [2.05, 4.69) is 30.4 Å². The van der Waals surface area contributed by atoms with E-state index in [1.807, 2.05) is 34.0 Å². The number of rotatable bonds is 4. The summed E-state index contributed by atoms with van der Waals surface area (Å²) in [5, 5.41) is 4.36. The Morgan fingerprint density at radius 1 is 1.24 bits per heavy atom. The number of likely N-dealkylation sites (tertiary alicyclic amines) is 1. The number of aromatic nitrogens is 2. The van der Waals surface area contributed by atoms with E-state index in [-0.39, 0.29) is 5.91 Å². The molecule has 132 valence electrons. The number of ether oxygens (including phenoxy) is 1. The lowest BCUT2D eigenvalue weighted by atomic mass is 9.72. The molecule has 1 amide bonds. The van der Waals surface area contributed by atoms with Gasteiger partial charge in [0.15, 0.2) is 0 Å². The number of amides is 1. The van der Waals surface area contributed by atoms with Gasteiger partial charge in [0, 0.05) is 45.0 Å². The summed E-state index contributed by atoms with van der Waals surface area (Å²) in [6, 6.07) is 10.2. The Morgan fingerprint density at radius 3 is 2.60 bits per heavy atom. The monoisotopic (exact) mass is 339 g/mol. The van der Waals surface area contributed by atoms with Crippen molar-refractivity contribution in [2.45, 2.75) is 31.7 Å². The minimum absolute atomic E-state index is 0.273. The summed E-state index contributed by atoms with van der Waals surface area (Å²) in [6.45, 7) is 5.91. The van der Waals surface area contributed by atoms with Gasteiger partial charge in [-0.1, -0.05) is 30.3 Å². The first kappa shape index (κ1) is 16.3. The Hall–Kier alpha value is -2.14. The molecule has 2 aromatic rings. The van der Waals surface area contributed by atoms with Crippen LogP contribution in [-0.2, 0) is 21.5 Å². The van der Waals surface area contributed by atoms with Crippen LogP contribution < -0.4 is 0 Å². The number of hydrogen-bond acceptors (Lipinski definition) is 3. The van der Waals surface area contributed by atoms with Gasteiger partial charge in [0.05, 0.1) is 11.6 Å². The zero-order valence-electron chi connectivity index (χ0n) is 14.7. The molecule has 1 aromatic heterocycles. The fraction of sp³-hybridized carbons (Fsp3) is 0.500. The molecule has 0 atom stereocenters. The molecule has 5 heteroatoms. The van der Waals surface area contributed by atoms with Gasteiger partial charge in [-0.2, -0.15) is 5.10 Å². The third-order valence-electron chi connectivity index (χ3n) is 5.53. The highest BCUT2D eigenvalue weighted by Crippen LogP contribution is 2.38. The number of benzene rings is 1. The smallest absolute Gasteiger partial charge is 0.233 e. The number of carbonyl (C=O) groups is 1. The van der Waals surface area contributed by atoms with Crippen molar-refractivity contribution in [3.63, 3.8) is 0 Å². The van der Waals surface area contributed by atoms with E-state index >= 15 is 0 Å². The Morgan fingerprint density at radius 2 is 1.96 bits per heavy atom. The summed E-state index contributed by atoms with van der Waals surface area (Å²) in [5.41, 5.74) is 1.90. The molecule has 0 spiro atoms. The van der Waals surface area contributed by atoms with E-state index in [0.717, 1.165) is 38.0 Å². The zero-order valence-corrected chi connectivity index (χ0v) is 14.7. The maximum Gasteiger partial charge on any atom is 0.233 e. The Kier molecular flexibility index (Phi) is 4.34. The molecule has 2 fully saturated rings. The molecular formula is C20H25N3O2. The van der Waals surface area contributed by atoms with E-state index in [1.165, 1.54) is 5.56 Å². The molecule has 4 rings (SSSR count). The number of hydrogen-bond donors (Lipinski definition) is 0. The molecule has 0 aliphatic carbocycles. The molecule has 5 nitrogen and oxygen atoms in total. The van der Waals surface area contributed by atoms with Crippen molar-refractivity contribution >= 4 is 5.91 Å². The summed E-state index contributed by atoms with van der Waals surface area (Å²) < 4.78 is 7.54. The molecule has 0 unspecified atom stereocenters. The maximum absolute atomic E-state index is 13.4. The fourth-order valence-corrected chi connectivity index (χ4v) is 4.09. The van der Waals surface area contributed by atoms with Gasteiger partial charge in [-0.3, -0.25) is 9.48 Å². The van der Waals surface area contributed by atoms with Crippen molar-refractivity contribution in [2.75, 3.05) is 26.3 Å². The first-order chi connectivity index (χ1) is 12.2. The summed E-state index contributed by atoms with van der Waals surface area (Å²) in [7, 11) is 0. The van der Waals surface area contributed by atoms with Gasteiger partial charge < -0.3 is 9.64 Å². The quantitative estimate of drug-likeness (QED) is 0.859. The third kappa shape index (κ3) is 3.09. The third-order valence-corrected chi connectivity index (χ3v) is 5.53. The topological polar surface area (TPSA) is 47.4 Å². The van der Waals surface area contributed by atoms with E-state index in [1.54, 1.807) is 0 Å². The first-order valence-corrected chi connectivity index (χ1v) is 9.09. The predicted octanol–water partition coefficient (Wildman–Crippen LogP) is 2.40. The highest BCUT2D eigenvalue weighted by molar-refractivity contribution is 5.89. The van der Waals surface area contributed by atoms with Crippen LogP contribution in [-0.4, -0.2) is 46.9 Å². The van der Waals surface area contributed by atoms with Crippen LogP contribution in [0, 0.1) is 12.8 Å². The molecule has 1 aromatic carbocycles. The molecule has 0 saturated carbocycles. The van der Waals surface area contributed by atoms with E-state index in [0.29, 0.717) is 19.1 Å². The molecule has 0 N–H and O–H groups in total. The molecule has 25 heavy (non-hydrogen) atoms. The van der Waals surface area contributed by atoms with Crippen molar-refractivity contribution < 1.29 is 9.53 Å². The van der Waals surface area contributed by atoms with Crippen LogP contribution in [0.1, 0.15) is 24.0 Å². The van der Waals surface area contributed by atoms with Crippen LogP contribution >= 0.6 is 0 Å². The normalized spacial score (nSPS) is 20.3. The summed E-state index contributed by atoms with van der Waals surface area (Å²) in [5.74, 6) is 0.769. The average Bonchev–Trinajstić information content (AvgIpc) is 3.03. The first-order valence-electron chi connectivity index (χ1n) is 9.09. The molecule has 0 bridgehead atoms. The van der Waals surface area contributed by atoms with Gasteiger partial charge in [-0.05, 0) is 30.9 Å². The fourth-order valence-electron chi connectivity index (χ4n) is 4.09.